The highest BCUT2D eigenvalue weighted by Gasteiger charge is 2.23. The van der Waals surface area contributed by atoms with E-state index in [9.17, 15) is 0 Å². The van der Waals surface area contributed by atoms with Crippen molar-refractivity contribution in [3.05, 3.63) is 40.1 Å². The number of aromatic amines is 1. The number of nitrogens with one attached hydrogen (secondary N) is 1. The number of thiophene rings is 1. The molecule has 1 saturated heterocycles. The number of likely N-dealkylation sites (tertiary alicyclic amines) is 1. The maximum absolute atomic E-state index is 4.42. The lowest BCUT2D eigenvalue weighted by Gasteiger charge is -2.31. The van der Waals surface area contributed by atoms with Crippen molar-refractivity contribution >= 4 is 11.3 Å². The molecule has 0 amide bonds. The molecule has 1 fully saturated rings. The number of nitrogens with zero attached hydrogens (tertiary/aromatic N) is 2. The van der Waals surface area contributed by atoms with Gasteiger partial charge in [0.25, 0.3) is 0 Å². The summed E-state index contributed by atoms with van der Waals surface area (Å²) in [4.78, 5) is 13.3. The van der Waals surface area contributed by atoms with Crippen molar-refractivity contribution in [1.82, 2.24) is 14.9 Å². The number of aromatic nitrogens is 2. The van der Waals surface area contributed by atoms with Crippen molar-refractivity contribution in [3.8, 4) is 0 Å². The summed E-state index contributed by atoms with van der Waals surface area (Å²) in [6, 6.07) is 4.56. The lowest BCUT2D eigenvalue weighted by Crippen LogP contribution is -2.34. The van der Waals surface area contributed by atoms with Gasteiger partial charge in [-0.1, -0.05) is 6.92 Å². The van der Waals surface area contributed by atoms with Gasteiger partial charge in [0, 0.05) is 41.2 Å². The van der Waals surface area contributed by atoms with E-state index in [1.165, 1.54) is 29.1 Å². The maximum atomic E-state index is 4.42. The fourth-order valence-corrected chi connectivity index (χ4v) is 3.84. The van der Waals surface area contributed by atoms with Gasteiger partial charge in [-0.25, -0.2) is 4.98 Å². The first-order valence-corrected chi connectivity index (χ1v) is 7.96. The molecule has 0 bridgehead atoms. The molecule has 0 aliphatic carbocycles. The van der Waals surface area contributed by atoms with Crippen LogP contribution in [0, 0.1) is 0 Å². The highest BCUT2D eigenvalue weighted by Crippen LogP contribution is 2.27. The Kier molecular flexibility index (Phi) is 3.99. The van der Waals surface area contributed by atoms with Crippen LogP contribution in [0.2, 0.25) is 0 Å². The minimum atomic E-state index is 0.578. The highest BCUT2D eigenvalue weighted by atomic mass is 32.1. The number of piperidine rings is 1. The summed E-state index contributed by atoms with van der Waals surface area (Å²) in [5, 5.41) is 0. The summed E-state index contributed by atoms with van der Waals surface area (Å²) in [5.74, 6) is 1.74. The Morgan fingerprint density at radius 2 is 2.32 bits per heavy atom. The molecular formula is C15H21N3S. The largest absolute Gasteiger partial charge is 0.348 e. The normalized spacial score (nSPS) is 20.8. The molecule has 1 aliphatic heterocycles. The third-order valence-corrected chi connectivity index (χ3v) is 5.07. The Hall–Kier alpha value is -1.13. The highest BCUT2D eigenvalue weighted by molar-refractivity contribution is 7.11. The zero-order chi connectivity index (χ0) is 13.1. The molecule has 3 heterocycles. The van der Waals surface area contributed by atoms with E-state index in [2.05, 4.69) is 33.9 Å². The summed E-state index contributed by atoms with van der Waals surface area (Å²) in [6.45, 7) is 5.68. The molecule has 2 aromatic heterocycles. The molecule has 0 aromatic carbocycles. The third-order valence-electron chi connectivity index (χ3n) is 3.86. The van der Waals surface area contributed by atoms with Crippen molar-refractivity contribution in [3.63, 3.8) is 0 Å². The van der Waals surface area contributed by atoms with Crippen LogP contribution in [-0.2, 0) is 13.0 Å². The monoisotopic (exact) mass is 275 g/mol. The molecule has 3 nitrogen and oxygen atoms in total. The predicted octanol–water partition coefficient (Wildman–Crippen LogP) is 3.41. The topological polar surface area (TPSA) is 31.9 Å². The number of hydrogen-bond donors (Lipinski definition) is 1. The molecule has 19 heavy (non-hydrogen) atoms. The summed E-state index contributed by atoms with van der Waals surface area (Å²) in [6.07, 6.45) is 7.48. The lowest BCUT2D eigenvalue weighted by atomic mass is 9.97. The minimum absolute atomic E-state index is 0.578. The van der Waals surface area contributed by atoms with Gasteiger partial charge in [-0.05, 0) is 37.9 Å². The van der Waals surface area contributed by atoms with Gasteiger partial charge in [0.05, 0.1) is 0 Å². The van der Waals surface area contributed by atoms with Crippen LogP contribution in [0.5, 0.6) is 0 Å². The average Bonchev–Trinajstić information content (AvgIpc) is 3.10. The number of H-pyrrole nitrogens is 1. The van der Waals surface area contributed by atoms with E-state index < -0.39 is 0 Å². The van der Waals surface area contributed by atoms with Crippen LogP contribution < -0.4 is 0 Å². The molecule has 102 valence electrons. The molecular weight excluding hydrogens is 254 g/mol. The quantitative estimate of drug-likeness (QED) is 0.927. The SMILES string of the molecule is CCc1ccc(CN2CCC[C@H](c3ncc[nH]3)C2)s1. The zero-order valence-corrected chi connectivity index (χ0v) is 12.2. The van der Waals surface area contributed by atoms with Gasteiger partial charge in [-0.3, -0.25) is 4.90 Å². The molecule has 0 saturated carbocycles. The molecule has 2 aromatic rings. The van der Waals surface area contributed by atoms with Crippen molar-refractivity contribution in [2.45, 2.75) is 38.6 Å². The standard InChI is InChI=1S/C15H21N3S/c1-2-13-5-6-14(19-13)11-18-9-3-4-12(10-18)15-16-7-8-17-15/h5-8,12H,2-4,9-11H2,1H3,(H,16,17)/t12-/m0/s1. The van der Waals surface area contributed by atoms with E-state index in [4.69, 9.17) is 0 Å². The van der Waals surface area contributed by atoms with E-state index in [1.807, 2.05) is 23.7 Å². The zero-order valence-electron chi connectivity index (χ0n) is 11.4. The molecule has 1 N–H and O–H groups in total. The second-order valence-electron chi connectivity index (χ2n) is 5.27. The molecule has 0 spiro atoms. The molecule has 1 aliphatic rings. The van der Waals surface area contributed by atoms with Crippen LogP contribution in [0.1, 0.15) is 41.3 Å². The first-order chi connectivity index (χ1) is 9.35. The van der Waals surface area contributed by atoms with E-state index in [0.29, 0.717) is 5.92 Å². The van der Waals surface area contributed by atoms with Crippen LogP contribution in [0.3, 0.4) is 0 Å². The summed E-state index contributed by atoms with van der Waals surface area (Å²) in [5.41, 5.74) is 0. The predicted molar refractivity (Wildman–Crippen MR) is 79.5 cm³/mol. The molecule has 3 rings (SSSR count). The van der Waals surface area contributed by atoms with Crippen LogP contribution >= 0.6 is 11.3 Å². The molecule has 0 unspecified atom stereocenters. The van der Waals surface area contributed by atoms with Crippen LogP contribution in [0.15, 0.2) is 24.5 Å². The Morgan fingerprint density at radius 3 is 3.05 bits per heavy atom. The first-order valence-electron chi connectivity index (χ1n) is 7.14. The molecule has 1 atom stereocenters. The Bertz CT molecular complexity index is 503. The van der Waals surface area contributed by atoms with Gasteiger partial charge >= 0.3 is 0 Å². The lowest BCUT2D eigenvalue weighted by molar-refractivity contribution is 0.198. The third kappa shape index (κ3) is 3.07. The Balaban J connectivity index is 1.62. The van der Waals surface area contributed by atoms with Gasteiger partial charge in [0.2, 0.25) is 0 Å². The van der Waals surface area contributed by atoms with Crippen molar-refractivity contribution in [1.29, 1.82) is 0 Å². The van der Waals surface area contributed by atoms with E-state index >= 15 is 0 Å². The maximum Gasteiger partial charge on any atom is 0.110 e. The Morgan fingerprint density at radius 1 is 1.42 bits per heavy atom. The Labute approximate surface area is 118 Å². The summed E-state index contributed by atoms with van der Waals surface area (Å²) < 4.78 is 0. The van der Waals surface area contributed by atoms with Crippen LogP contribution in [0.4, 0.5) is 0 Å². The van der Waals surface area contributed by atoms with E-state index in [-0.39, 0.29) is 0 Å². The minimum Gasteiger partial charge on any atom is -0.348 e. The second-order valence-corrected chi connectivity index (χ2v) is 6.52. The fourth-order valence-electron chi connectivity index (χ4n) is 2.84. The van der Waals surface area contributed by atoms with Crippen molar-refractivity contribution in [2.75, 3.05) is 13.1 Å². The van der Waals surface area contributed by atoms with Gasteiger partial charge in [-0.2, -0.15) is 0 Å². The van der Waals surface area contributed by atoms with Gasteiger partial charge < -0.3 is 4.98 Å². The molecule has 0 radical (unpaired) electrons. The van der Waals surface area contributed by atoms with Gasteiger partial charge in [0.1, 0.15) is 5.82 Å². The number of rotatable bonds is 4. The van der Waals surface area contributed by atoms with Crippen molar-refractivity contribution in [2.24, 2.45) is 0 Å². The van der Waals surface area contributed by atoms with Crippen LogP contribution in [0.25, 0.3) is 0 Å². The van der Waals surface area contributed by atoms with Gasteiger partial charge in [-0.15, -0.1) is 11.3 Å². The fraction of sp³-hybridized carbons (Fsp3) is 0.533. The van der Waals surface area contributed by atoms with Crippen molar-refractivity contribution < 1.29 is 0 Å². The van der Waals surface area contributed by atoms with Gasteiger partial charge in [0.15, 0.2) is 0 Å². The number of aryl methyl sites for hydroxylation is 1. The van der Waals surface area contributed by atoms with Crippen LogP contribution in [-0.4, -0.2) is 28.0 Å². The molecule has 4 heteroatoms. The first kappa shape index (κ1) is 12.9. The smallest absolute Gasteiger partial charge is 0.110 e. The second kappa shape index (κ2) is 5.88. The summed E-state index contributed by atoms with van der Waals surface area (Å²) >= 11 is 1.96. The summed E-state index contributed by atoms with van der Waals surface area (Å²) in [7, 11) is 0. The number of hydrogen-bond acceptors (Lipinski definition) is 3. The van der Waals surface area contributed by atoms with E-state index in [1.54, 1.807) is 0 Å². The number of imidazole rings is 1. The average molecular weight is 275 g/mol. The van der Waals surface area contributed by atoms with E-state index in [0.717, 1.165) is 25.3 Å².